The van der Waals surface area contributed by atoms with E-state index in [2.05, 4.69) is 10.5 Å². The van der Waals surface area contributed by atoms with E-state index >= 15 is 0 Å². The molecular weight excluding hydrogens is 252 g/mol. The van der Waals surface area contributed by atoms with Crippen LogP contribution in [0.4, 0.5) is 5.69 Å². The van der Waals surface area contributed by atoms with Gasteiger partial charge in [0.2, 0.25) is 0 Å². The Bertz CT molecular complexity index is 624. The molecule has 0 aliphatic carbocycles. The molecule has 20 heavy (non-hydrogen) atoms. The molecule has 0 atom stereocenters. The maximum atomic E-state index is 5.58. The van der Waals surface area contributed by atoms with Crippen LogP contribution in [0.1, 0.15) is 12.5 Å². The summed E-state index contributed by atoms with van der Waals surface area (Å²) in [6, 6.07) is 15.7. The molecule has 0 bridgehead atoms. The van der Waals surface area contributed by atoms with E-state index in [4.69, 9.17) is 9.47 Å². The maximum absolute atomic E-state index is 5.58. The molecule has 0 saturated heterocycles. The van der Waals surface area contributed by atoms with Gasteiger partial charge in [0.1, 0.15) is 13.2 Å². The number of fused-ring (bicyclic) bond motifs is 1. The molecule has 2 aromatic rings. The average molecular weight is 268 g/mol. The molecule has 1 heterocycles. The van der Waals surface area contributed by atoms with E-state index < -0.39 is 0 Å². The van der Waals surface area contributed by atoms with Crippen molar-refractivity contribution in [2.45, 2.75) is 6.92 Å². The second-order valence-corrected chi connectivity index (χ2v) is 4.53. The van der Waals surface area contributed by atoms with Crippen molar-refractivity contribution < 1.29 is 9.47 Å². The Labute approximate surface area is 118 Å². The van der Waals surface area contributed by atoms with E-state index in [0.717, 1.165) is 28.5 Å². The standard InChI is InChI=1S/C16H16N2O2/c1-12(17-18-14-5-3-2-4-6-14)13-7-8-15-16(11-13)20-10-9-19-15/h2-8,11,18H,9-10H2,1H3. The lowest BCUT2D eigenvalue weighted by molar-refractivity contribution is 0.171. The number of anilines is 1. The molecule has 1 aliphatic heterocycles. The van der Waals surface area contributed by atoms with Gasteiger partial charge in [0, 0.05) is 5.56 Å². The van der Waals surface area contributed by atoms with Crippen LogP contribution in [0, 0.1) is 0 Å². The van der Waals surface area contributed by atoms with Crippen LogP contribution >= 0.6 is 0 Å². The van der Waals surface area contributed by atoms with Crippen molar-refractivity contribution in [3.63, 3.8) is 0 Å². The molecule has 0 unspecified atom stereocenters. The number of para-hydroxylation sites is 1. The Kier molecular flexibility index (Phi) is 3.54. The van der Waals surface area contributed by atoms with Gasteiger partial charge in [-0.05, 0) is 37.3 Å². The largest absolute Gasteiger partial charge is 0.486 e. The first kappa shape index (κ1) is 12.5. The first-order chi connectivity index (χ1) is 9.83. The summed E-state index contributed by atoms with van der Waals surface area (Å²) in [5.74, 6) is 1.58. The smallest absolute Gasteiger partial charge is 0.162 e. The highest BCUT2D eigenvalue weighted by Crippen LogP contribution is 2.30. The van der Waals surface area contributed by atoms with Gasteiger partial charge >= 0.3 is 0 Å². The summed E-state index contributed by atoms with van der Waals surface area (Å²) in [6.45, 7) is 3.16. The minimum atomic E-state index is 0.592. The number of hydrogen-bond donors (Lipinski definition) is 1. The van der Waals surface area contributed by atoms with Crippen LogP contribution in [0.25, 0.3) is 0 Å². The van der Waals surface area contributed by atoms with Gasteiger partial charge in [0.05, 0.1) is 11.4 Å². The van der Waals surface area contributed by atoms with Gasteiger partial charge in [-0.1, -0.05) is 18.2 Å². The quantitative estimate of drug-likeness (QED) is 0.686. The van der Waals surface area contributed by atoms with Gasteiger partial charge in [0.15, 0.2) is 11.5 Å². The monoisotopic (exact) mass is 268 g/mol. The summed E-state index contributed by atoms with van der Waals surface area (Å²) in [6.07, 6.45) is 0. The molecule has 4 heteroatoms. The fourth-order valence-electron chi connectivity index (χ4n) is 1.99. The summed E-state index contributed by atoms with van der Waals surface area (Å²) in [4.78, 5) is 0. The third-order valence-corrected chi connectivity index (χ3v) is 3.09. The van der Waals surface area contributed by atoms with E-state index in [1.165, 1.54) is 0 Å². The van der Waals surface area contributed by atoms with Crippen LogP contribution in [-0.4, -0.2) is 18.9 Å². The summed E-state index contributed by atoms with van der Waals surface area (Å²) in [5, 5.41) is 4.38. The number of ether oxygens (including phenoxy) is 2. The van der Waals surface area contributed by atoms with E-state index in [0.29, 0.717) is 13.2 Å². The highest BCUT2D eigenvalue weighted by Gasteiger charge is 2.12. The van der Waals surface area contributed by atoms with Crippen molar-refractivity contribution in [2.75, 3.05) is 18.6 Å². The van der Waals surface area contributed by atoms with Crippen LogP contribution in [0.5, 0.6) is 11.5 Å². The lowest BCUT2D eigenvalue weighted by Crippen LogP contribution is -2.15. The van der Waals surface area contributed by atoms with E-state index in [1.807, 2.05) is 55.5 Å². The van der Waals surface area contributed by atoms with E-state index in [9.17, 15) is 0 Å². The molecule has 0 saturated carbocycles. The highest BCUT2D eigenvalue weighted by molar-refractivity contribution is 5.99. The fourth-order valence-corrected chi connectivity index (χ4v) is 1.99. The van der Waals surface area contributed by atoms with Gasteiger partial charge in [-0.2, -0.15) is 5.10 Å². The SMILES string of the molecule is CC(=NNc1ccccc1)c1ccc2c(c1)OCCO2. The lowest BCUT2D eigenvalue weighted by Gasteiger charge is -2.18. The van der Waals surface area contributed by atoms with Gasteiger partial charge < -0.3 is 9.47 Å². The van der Waals surface area contributed by atoms with Crippen molar-refractivity contribution >= 4 is 11.4 Å². The Morgan fingerprint density at radius 1 is 1.00 bits per heavy atom. The number of nitrogens with one attached hydrogen (secondary N) is 1. The average Bonchev–Trinajstić information content (AvgIpc) is 2.53. The molecule has 0 spiro atoms. The first-order valence-electron chi connectivity index (χ1n) is 6.58. The number of hydrazone groups is 1. The number of hydrogen-bond acceptors (Lipinski definition) is 4. The van der Waals surface area contributed by atoms with Gasteiger partial charge in [0.25, 0.3) is 0 Å². The molecule has 0 aromatic heterocycles. The Morgan fingerprint density at radius 3 is 2.55 bits per heavy atom. The highest BCUT2D eigenvalue weighted by atomic mass is 16.6. The third-order valence-electron chi connectivity index (χ3n) is 3.09. The lowest BCUT2D eigenvalue weighted by atomic mass is 10.1. The summed E-state index contributed by atoms with van der Waals surface area (Å²) >= 11 is 0. The predicted molar refractivity (Wildman–Crippen MR) is 79.7 cm³/mol. The summed E-state index contributed by atoms with van der Waals surface area (Å²) in [7, 11) is 0. The molecular formula is C16H16N2O2. The zero-order chi connectivity index (χ0) is 13.8. The van der Waals surface area contributed by atoms with Crippen LogP contribution < -0.4 is 14.9 Å². The zero-order valence-electron chi connectivity index (χ0n) is 11.3. The van der Waals surface area contributed by atoms with Crippen molar-refractivity contribution in [3.8, 4) is 11.5 Å². The number of rotatable bonds is 3. The molecule has 1 aliphatic rings. The topological polar surface area (TPSA) is 42.9 Å². The Hall–Kier alpha value is -2.49. The molecule has 1 N–H and O–H groups in total. The van der Waals surface area contributed by atoms with Crippen LogP contribution in [0.15, 0.2) is 53.6 Å². The predicted octanol–water partition coefficient (Wildman–Crippen LogP) is 3.29. The van der Waals surface area contributed by atoms with Crippen molar-refractivity contribution in [1.82, 2.24) is 0 Å². The molecule has 3 rings (SSSR count). The van der Waals surface area contributed by atoms with Crippen molar-refractivity contribution in [3.05, 3.63) is 54.1 Å². The van der Waals surface area contributed by atoms with Gasteiger partial charge in [-0.25, -0.2) is 0 Å². The minimum Gasteiger partial charge on any atom is -0.486 e. The molecule has 0 radical (unpaired) electrons. The van der Waals surface area contributed by atoms with Crippen molar-refractivity contribution in [1.29, 1.82) is 0 Å². The second-order valence-electron chi connectivity index (χ2n) is 4.53. The number of nitrogens with zero attached hydrogens (tertiary/aromatic N) is 1. The van der Waals surface area contributed by atoms with Gasteiger partial charge in [-0.3, -0.25) is 5.43 Å². The van der Waals surface area contributed by atoms with Crippen LogP contribution in [-0.2, 0) is 0 Å². The summed E-state index contributed by atoms with van der Waals surface area (Å²) < 4.78 is 11.1. The van der Waals surface area contributed by atoms with Crippen LogP contribution in [0.2, 0.25) is 0 Å². The number of benzene rings is 2. The second kappa shape index (κ2) is 5.65. The van der Waals surface area contributed by atoms with Crippen molar-refractivity contribution in [2.24, 2.45) is 5.10 Å². The normalized spacial score (nSPS) is 13.9. The molecule has 2 aromatic carbocycles. The Morgan fingerprint density at radius 2 is 1.75 bits per heavy atom. The van der Waals surface area contributed by atoms with Gasteiger partial charge in [-0.15, -0.1) is 0 Å². The minimum absolute atomic E-state index is 0.592. The Balaban J connectivity index is 1.78. The van der Waals surface area contributed by atoms with E-state index in [-0.39, 0.29) is 0 Å². The fraction of sp³-hybridized carbons (Fsp3) is 0.188. The molecule has 0 fully saturated rings. The molecule has 4 nitrogen and oxygen atoms in total. The molecule has 0 amide bonds. The zero-order valence-corrected chi connectivity index (χ0v) is 11.3. The molecule has 102 valence electrons. The van der Waals surface area contributed by atoms with E-state index in [1.54, 1.807) is 0 Å². The summed E-state index contributed by atoms with van der Waals surface area (Å²) in [5.41, 5.74) is 5.91. The maximum Gasteiger partial charge on any atom is 0.162 e. The third kappa shape index (κ3) is 2.74. The van der Waals surface area contributed by atoms with Crippen LogP contribution in [0.3, 0.4) is 0 Å². The first-order valence-corrected chi connectivity index (χ1v) is 6.58.